The Kier molecular flexibility index (Phi) is 11.7. The van der Waals surface area contributed by atoms with Gasteiger partial charge in [-0.25, -0.2) is 14.6 Å². The number of amides is 4. The third-order valence-electron chi connectivity index (χ3n) is 4.98. The number of halogens is 1. The Morgan fingerprint density at radius 2 is 1.44 bits per heavy atom. The molecule has 0 radical (unpaired) electrons. The van der Waals surface area contributed by atoms with Crippen LogP contribution in [0.4, 0.5) is 15.3 Å². The summed E-state index contributed by atoms with van der Waals surface area (Å²) in [5.41, 5.74) is -0.430. The fraction of sp³-hybridized carbons (Fsp3) is 0.414. The van der Waals surface area contributed by atoms with E-state index in [4.69, 9.17) is 21.1 Å². The van der Waals surface area contributed by atoms with E-state index in [2.05, 4.69) is 26.3 Å². The molecule has 2 rings (SSSR count). The topological polar surface area (TPSA) is 147 Å². The average Bonchev–Trinajstić information content (AvgIpc) is 2.83. The minimum atomic E-state index is -0.876. The first-order chi connectivity index (χ1) is 19.0. The normalized spacial score (nSPS) is 11.9. The van der Waals surface area contributed by atoms with Crippen molar-refractivity contribution in [3.8, 4) is 0 Å². The fourth-order valence-corrected chi connectivity index (χ4v) is 3.63. The Balaban J connectivity index is 2.19. The summed E-state index contributed by atoms with van der Waals surface area (Å²) in [6.45, 7) is 11.8. The summed E-state index contributed by atoms with van der Waals surface area (Å²) in [5, 5.41) is 10.4. The van der Waals surface area contributed by atoms with Crippen molar-refractivity contribution in [1.29, 1.82) is 0 Å². The van der Waals surface area contributed by atoms with Gasteiger partial charge in [0, 0.05) is 10.6 Å². The van der Waals surface area contributed by atoms with Crippen molar-refractivity contribution in [1.82, 2.24) is 21.3 Å². The summed E-state index contributed by atoms with van der Waals surface area (Å²) in [6.07, 6.45) is -1.07. The predicted molar refractivity (Wildman–Crippen MR) is 157 cm³/mol. The number of rotatable bonds is 7. The lowest BCUT2D eigenvalue weighted by Gasteiger charge is -2.22. The van der Waals surface area contributed by atoms with Crippen LogP contribution in [0.3, 0.4) is 0 Å². The van der Waals surface area contributed by atoms with Crippen LogP contribution >= 0.6 is 11.6 Å². The lowest BCUT2D eigenvalue weighted by atomic mass is 10.0. The molecule has 11 nitrogen and oxygen atoms in total. The average molecular weight is 588 g/mol. The number of hydrogen-bond acceptors (Lipinski definition) is 7. The number of alkyl carbamates (subject to hydrolysis) is 2. The lowest BCUT2D eigenvalue weighted by Crippen LogP contribution is -2.47. The molecule has 4 amide bonds. The van der Waals surface area contributed by atoms with Gasteiger partial charge in [0.15, 0.2) is 0 Å². The molecule has 0 aliphatic carbocycles. The molecule has 0 spiro atoms. The maximum atomic E-state index is 12.9. The first-order valence-corrected chi connectivity index (χ1v) is 13.4. The van der Waals surface area contributed by atoms with Crippen molar-refractivity contribution in [2.24, 2.45) is 4.99 Å². The van der Waals surface area contributed by atoms with E-state index in [9.17, 15) is 19.2 Å². The summed E-state index contributed by atoms with van der Waals surface area (Å²) in [7, 11) is 0. The molecule has 0 heterocycles. The molecule has 0 aromatic heterocycles. The second kappa shape index (κ2) is 14.5. The molecule has 2 aromatic carbocycles. The van der Waals surface area contributed by atoms with Crippen molar-refractivity contribution in [3.05, 3.63) is 64.7 Å². The van der Waals surface area contributed by atoms with Gasteiger partial charge in [-0.15, -0.1) is 0 Å². The number of hydrogen-bond donors (Lipinski definition) is 4. The molecular weight excluding hydrogens is 550 g/mol. The number of aliphatic imine (C=N–C) groups is 1. The van der Waals surface area contributed by atoms with E-state index in [1.165, 1.54) is 18.2 Å². The summed E-state index contributed by atoms with van der Waals surface area (Å²) in [5.74, 6) is -1.25. The van der Waals surface area contributed by atoms with Crippen LogP contribution < -0.4 is 21.3 Å². The largest absolute Gasteiger partial charge is 0.444 e. The summed E-state index contributed by atoms with van der Waals surface area (Å²) < 4.78 is 10.5. The van der Waals surface area contributed by atoms with Gasteiger partial charge >= 0.3 is 12.2 Å². The molecule has 4 N–H and O–H groups in total. The van der Waals surface area contributed by atoms with E-state index in [0.29, 0.717) is 6.42 Å². The molecule has 0 bridgehead atoms. The summed E-state index contributed by atoms with van der Waals surface area (Å²) >= 11 is 6.23. The van der Waals surface area contributed by atoms with E-state index < -0.39 is 29.3 Å². The highest BCUT2D eigenvalue weighted by atomic mass is 35.5. The Labute approximate surface area is 245 Å². The van der Waals surface area contributed by atoms with Crippen LogP contribution in [-0.4, -0.2) is 47.7 Å². The highest BCUT2D eigenvalue weighted by Gasteiger charge is 2.22. The van der Waals surface area contributed by atoms with Crippen molar-refractivity contribution in [3.63, 3.8) is 0 Å². The van der Waals surface area contributed by atoms with E-state index in [1.54, 1.807) is 41.5 Å². The van der Waals surface area contributed by atoms with Gasteiger partial charge in [0.2, 0.25) is 11.9 Å². The molecular formula is C29H38ClN5O6. The van der Waals surface area contributed by atoms with E-state index in [-0.39, 0.29) is 40.7 Å². The highest BCUT2D eigenvalue weighted by molar-refractivity contribution is 6.31. The van der Waals surface area contributed by atoms with Crippen LogP contribution in [-0.2, 0) is 14.3 Å². The highest BCUT2D eigenvalue weighted by Crippen LogP contribution is 2.22. The second-order valence-corrected chi connectivity index (χ2v) is 11.5. The lowest BCUT2D eigenvalue weighted by molar-refractivity contribution is -0.120. The molecule has 0 fully saturated rings. The quantitative estimate of drug-likeness (QED) is 0.253. The van der Waals surface area contributed by atoms with Gasteiger partial charge in [-0.1, -0.05) is 48.9 Å². The minimum Gasteiger partial charge on any atom is -0.444 e. The maximum absolute atomic E-state index is 12.9. The first kappa shape index (κ1) is 33.1. The Hall–Kier alpha value is -4.12. The van der Waals surface area contributed by atoms with E-state index in [1.807, 2.05) is 37.3 Å². The fourth-order valence-electron chi connectivity index (χ4n) is 3.40. The number of carbonyl (C=O) groups is 4. The summed E-state index contributed by atoms with van der Waals surface area (Å²) in [6, 6.07) is 13.5. The molecule has 41 heavy (non-hydrogen) atoms. The number of carbonyl (C=O) groups excluding carboxylic acids is 4. The van der Waals surface area contributed by atoms with Crippen LogP contribution in [0, 0.1) is 0 Å². The van der Waals surface area contributed by atoms with Crippen LogP contribution in [0.2, 0.25) is 5.02 Å². The van der Waals surface area contributed by atoms with Gasteiger partial charge in [0.25, 0.3) is 5.91 Å². The van der Waals surface area contributed by atoms with Crippen LogP contribution in [0.15, 0.2) is 53.5 Å². The molecule has 0 saturated heterocycles. The Morgan fingerprint density at radius 3 is 1.95 bits per heavy atom. The molecule has 12 heteroatoms. The Morgan fingerprint density at radius 1 is 0.878 bits per heavy atom. The molecule has 0 aliphatic heterocycles. The minimum absolute atomic E-state index is 0.105. The molecule has 0 saturated carbocycles. The number of ether oxygens (including phenoxy) is 2. The zero-order valence-electron chi connectivity index (χ0n) is 24.4. The standard InChI is InChI=1S/C29H38ClN5O6/c1-8-22(18-12-10-9-11-13-18)33-23(36)17-31-24(37)19-14-20(30)16-21(15-19)32-25(34-26(38)40-28(2,3)4)35-27(39)41-29(5,6)7/h9-16,22H,8,17H2,1-7H3,(H,31,37)(H,33,36)(H2,32,34,35,38,39). The maximum Gasteiger partial charge on any atom is 0.414 e. The second-order valence-electron chi connectivity index (χ2n) is 11.0. The number of guanidine groups is 1. The molecule has 222 valence electrons. The zero-order chi connectivity index (χ0) is 30.8. The Bertz CT molecular complexity index is 1240. The predicted octanol–water partition coefficient (Wildman–Crippen LogP) is 5.37. The van der Waals surface area contributed by atoms with Gasteiger partial charge < -0.3 is 20.1 Å². The number of nitrogens with zero attached hydrogens (tertiary/aromatic N) is 1. The molecule has 0 aliphatic rings. The summed E-state index contributed by atoms with van der Waals surface area (Å²) in [4.78, 5) is 54.4. The molecule has 1 atom stereocenters. The first-order valence-electron chi connectivity index (χ1n) is 13.1. The SMILES string of the molecule is CCC(NC(=O)CNC(=O)c1cc(Cl)cc(N=C(NC(=O)OC(C)(C)C)NC(=O)OC(C)(C)C)c1)c1ccccc1. The van der Waals surface area contributed by atoms with Gasteiger partial charge in [-0.05, 0) is 71.7 Å². The van der Waals surface area contributed by atoms with Crippen molar-refractivity contribution in [2.45, 2.75) is 72.1 Å². The zero-order valence-corrected chi connectivity index (χ0v) is 25.1. The van der Waals surface area contributed by atoms with Gasteiger partial charge in [-0.3, -0.25) is 20.2 Å². The van der Waals surface area contributed by atoms with E-state index in [0.717, 1.165) is 5.56 Å². The monoisotopic (exact) mass is 587 g/mol. The van der Waals surface area contributed by atoms with Crippen molar-refractivity contribution in [2.75, 3.05) is 6.54 Å². The van der Waals surface area contributed by atoms with Crippen LogP contribution in [0.5, 0.6) is 0 Å². The number of nitrogens with one attached hydrogen (secondary N) is 4. The number of benzene rings is 2. The van der Waals surface area contributed by atoms with Gasteiger partial charge in [0.05, 0.1) is 18.3 Å². The van der Waals surface area contributed by atoms with Crippen LogP contribution in [0.1, 0.15) is 76.9 Å². The van der Waals surface area contributed by atoms with Gasteiger partial charge in [0.1, 0.15) is 11.2 Å². The van der Waals surface area contributed by atoms with E-state index >= 15 is 0 Å². The van der Waals surface area contributed by atoms with Gasteiger partial charge in [-0.2, -0.15) is 0 Å². The smallest absolute Gasteiger partial charge is 0.414 e. The van der Waals surface area contributed by atoms with Crippen molar-refractivity contribution < 1.29 is 28.7 Å². The van der Waals surface area contributed by atoms with Crippen molar-refractivity contribution >= 4 is 47.2 Å². The molecule has 2 aromatic rings. The molecule has 1 unspecified atom stereocenters. The van der Waals surface area contributed by atoms with Crippen LogP contribution in [0.25, 0.3) is 0 Å². The third kappa shape index (κ3) is 12.7. The third-order valence-corrected chi connectivity index (χ3v) is 5.20.